The Hall–Kier alpha value is -2.94. The van der Waals surface area contributed by atoms with E-state index in [9.17, 15) is 15.3 Å². The van der Waals surface area contributed by atoms with Crippen LogP contribution in [0.25, 0.3) is 0 Å². The van der Waals surface area contributed by atoms with E-state index in [1.54, 1.807) is 12.1 Å². The van der Waals surface area contributed by atoms with E-state index in [2.05, 4.69) is 24.3 Å². The van der Waals surface area contributed by atoms with Crippen molar-refractivity contribution in [3.63, 3.8) is 0 Å². The van der Waals surface area contributed by atoms with Gasteiger partial charge in [-0.15, -0.1) is 0 Å². The Balaban J connectivity index is 1.71. The minimum atomic E-state index is -0.127. The minimum Gasteiger partial charge on any atom is -0.508 e. The van der Waals surface area contributed by atoms with Crippen LogP contribution < -0.4 is 0 Å². The lowest BCUT2D eigenvalue weighted by Crippen LogP contribution is -2.34. The zero-order chi connectivity index (χ0) is 23.0. The van der Waals surface area contributed by atoms with E-state index in [0.717, 1.165) is 54.4 Å². The molecule has 0 heterocycles. The molecule has 0 spiro atoms. The maximum atomic E-state index is 10.4. The van der Waals surface area contributed by atoms with Crippen molar-refractivity contribution < 1.29 is 15.3 Å². The molecule has 0 unspecified atom stereocenters. The standard InChI is InChI=1S/C29H34O3/c1-18-13-24(14-19(2)27(18)31)29(25-15-20(3)28(32)21(4)16-25)11-9-23(10-12-29)17-22-5-7-26(30)8-6-22/h5-8,13-16,23,30-32H,9-12,17H2,1-4H3. The Bertz CT molecular complexity index is 1010. The van der Waals surface area contributed by atoms with E-state index >= 15 is 0 Å². The lowest BCUT2D eigenvalue weighted by Gasteiger charge is -2.42. The first-order valence-electron chi connectivity index (χ1n) is 11.6. The van der Waals surface area contributed by atoms with Crippen molar-refractivity contribution >= 4 is 0 Å². The second-order valence-electron chi connectivity index (χ2n) is 9.81. The number of phenols is 3. The number of hydrogen-bond acceptors (Lipinski definition) is 3. The number of hydrogen-bond donors (Lipinski definition) is 3. The zero-order valence-electron chi connectivity index (χ0n) is 19.6. The van der Waals surface area contributed by atoms with Crippen molar-refractivity contribution in [2.24, 2.45) is 5.92 Å². The predicted octanol–water partition coefficient (Wildman–Crippen LogP) is 6.76. The van der Waals surface area contributed by atoms with Crippen LogP contribution in [0.3, 0.4) is 0 Å². The van der Waals surface area contributed by atoms with E-state index in [1.807, 2.05) is 39.8 Å². The molecule has 3 aromatic carbocycles. The maximum Gasteiger partial charge on any atom is 0.121 e. The smallest absolute Gasteiger partial charge is 0.121 e. The summed E-state index contributed by atoms with van der Waals surface area (Å²) in [5.41, 5.74) is 7.33. The topological polar surface area (TPSA) is 60.7 Å². The van der Waals surface area contributed by atoms with Crippen molar-refractivity contribution in [1.29, 1.82) is 0 Å². The summed E-state index contributed by atoms with van der Waals surface area (Å²) in [5.74, 6) is 1.67. The van der Waals surface area contributed by atoms with Gasteiger partial charge >= 0.3 is 0 Å². The van der Waals surface area contributed by atoms with Crippen molar-refractivity contribution in [3.8, 4) is 17.2 Å². The molecule has 1 saturated carbocycles. The van der Waals surface area contributed by atoms with Gasteiger partial charge in [0.15, 0.2) is 0 Å². The number of benzene rings is 3. The van der Waals surface area contributed by atoms with E-state index in [0.29, 0.717) is 23.2 Å². The first-order chi connectivity index (χ1) is 15.2. The Kier molecular flexibility index (Phi) is 5.94. The molecule has 0 saturated heterocycles. The third kappa shape index (κ3) is 4.09. The second kappa shape index (κ2) is 8.54. The lowest BCUT2D eigenvalue weighted by atomic mass is 9.62. The Labute approximate surface area is 191 Å². The normalized spacial score (nSPS) is 16.2. The number of aromatic hydroxyl groups is 3. The first kappa shape index (κ1) is 22.3. The molecule has 4 rings (SSSR count). The van der Waals surface area contributed by atoms with E-state index in [-0.39, 0.29) is 5.41 Å². The zero-order valence-corrected chi connectivity index (χ0v) is 19.6. The highest BCUT2D eigenvalue weighted by atomic mass is 16.3. The highest BCUT2D eigenvalue weighted by Crippen LogP contribution is 2.49. The van der Waals surface area contributed by atoms with Gasteiger partial charge in [0.1, 0.15) is 17.2 Å². The average molecular weight is 431 g/mol. The van der Waals surface area contributed by atoms with Gasteiger partial charge in [0.25, 0.3) is 0 Å². The van der Waals surface area contributed by atoms with Crippen LogP contribution in [0, 0.1) is 33.6 Å². The van der Waals surface area contributed by atoms with Gasteiger partial charge in [0, 0.05) is 5.41 Å². The summed E-state index contributed by atoms with van der Waals surface area (Å²) < 4.78 is 0. The van der Waals surface area contributed by atoms with Gasteiger partial charge in [-0.05, 0) is 117 Å². The maximum absolute atomic E-state index is 10.4. The Morgan fingerprint density at radius 3 is 1.50 bits per heavy atom. The second-order valence-corrected chi connectivity index (χ2v) is 9.81. The Morgan fingerprint density at radius 2 is 1.09 bits per heavy atom. The highest BCUT2D eigenvalue weighted by Gasteiger charge is 2.39. The van der Waals surface area contributed by atoms with Gasteiger partial charge in [-0.3, -0.25) is 0 Å². The third-order valence-corrected chi connectivity index (χ3v) is 7.51. The van der Waals surface area contributed by atoms with Crippen LogP contribution in [-0.2, 0) is 11.8 Å². The third-order valence-electron chi connectivity index (χ3n) is 7.51. The summed E-state index contributed by atoms with van der Waals surface area (Å²) in [4.78, 5) is 0. The molecule has 0 atom stereocenters. The highest BCUT2D eigenvalue weighted by molar-refractivity contribution is 5.52. The van der Waals surface area contributed by atoms with Crippen LogP contribution in [0.2, 0.25) is 0 Å². The molecule has 32 heavy (non-hydrogen) atoms. The molecule has 0 aliphatic heterocycles. The van der Waals surface area contributed by atoms with Crippen molar-refractivity contribution in [2.45, 2.75) is 65.2 Å². The summed E-state index contributed by atoms with van der Waals surface area (Å²) in [6, 6.07) is 16.2. The van der Waals surface area contributed by atoms with Crippen LogP contribution in [0.1, 0.15) is 64.6 Å². The van der Waals surface area contributed by atoms with E-state index in [1.165, 1.54) is 16.7 Å². The van der Waals surface area contributed by atoms with Gasteiger partial charge < -0.3 is 15.3 Å². The van der Waals surface area contributed by atoms with Crippen molar-refractivity contribution in [2.75, 3.05) is 0 Å². The molecule has 0 amide bonds. The molecule has 3 nitrogen and oxygen atoms in total. The fourth-order valence-electron chi connectivity index (χ4n) is 5.55. The molecule has 0 bridgehead atoms. The Morgan fingerprint density at radius 1 is 0.688 bits per heavy atom. The molecule has 0 radical (unpaired) electrons. The number of aryl methyl sites for hydroxylation is 4. The van der Waals surface area contributed by atoms with Gasteiger partial charge in [-0.1, -0.05) is 36.4 Å². The van der Waals surface area contributed by atoms with Crippen molar-refractivity contribution in [1.82, 2.24) is 0 Å². The molecule has 3 N–H and O–H groups in total. The summed E-state index contributed by atoms with van der Waals surface area (Å²) in [7, 11) is 0. The van der Waals surface area contributed by atoms with Crippen LogP contribution in [0.4, 0.5) is 0 Å². The van der Waals surface area contributed by atoms with Gasteiger partial charge in [0.05, 0.1) is 0 Å². The summed E-state index contributed by atoms with van der Waals surface area (Å²) in [6.45, 7) is 7.90. The predicted molar refractivity (Wildman–Crippen MR) is 130 cm³/mol. The quantitative estimate of drug-likeness (QED) is 0.429. The monoisotopic (exact) mass is 430 g/mol. The van der Waals surface area contributed by atoms with E-state index < -0.39 is 0 Å². The van der Waals surface area contributed by atoms with Crippen LogP contribution >= 0.6 is 0 Å². The van der Waals surface area contributed by atoms with Crippen LogP contribution in [0.15, 0.2) is 48.5 Å². The first-order valence-corrected chi connectivity index (χ1v) is 11.6. The fraction of sp³-hybridized carbons (Fsp3) is 0.379. The summed E-state index contributed by atoms with van der Waals surface area (Å²) in [6.07, 6.45) is 5.31. The van der Waals surface area contributed by atoms with Crippen LogP contribution in [0.5, 0.6) is 17.2 Å². The summed E-state index contributed by atoms with van der Waals surface area (Å²) >= 11 is 0. The lowest BCUT2D eigenvalue weighted by molar-refractivity contribution is 0.264. The van der Waals surface area contributed by atoms with Crippen LogP contribution in [-0.4, -0.2) is 15.3 Å². The molecule has 3 aromatic rings. The minimum absolute atomic E-state index is 0.127. The van der Waals surface area contributed by atoms with Gasteiger partial charge in [-0.25, -0.2) is 0 Å². The largest absolute Gasteiger partial charge is 0.508 e. The number of phenolic OH excluding ortho intramolecular Hbond substituents is 3. The molecule has 3 heteroatoms. The van der Waals surface area contributed by atoms with E-state index in [4.69, 9.17) is 0 Å². The van der Waals surface area contributed by atoms with Gasteiger partial charge in [-0.2, -0.15) is 0 Å². The molecular weight excluding hydrogens is 396 g/mol. The SMILES string of the molecule is Cc1cc(C2(c3cc(C)c(O)c(C)c3)CCC(Cc3ccc(O)cc3)CC2)cc(C)c1O. The molecule has 1 fully saturated rings. The summed E-state index contributed by atoms with van der Waals surface area (Å²) in [5, 5.41) is 30.3. The molecule has 0 aromatic heterocycles. The molecule has 1 aliphatic rings. The molecular formula is C29H34O3. The fourth-order valence-corrected chi connectivity index (χ4v) is 5.55. The van der Waals surface area contributed by atoms with Crippen molar-refractivity contribution in [3.05, 3.63) is 87.5 Å². The molecule has 168 valence electrons. The van der Waals surface area contributed by atoms with Gasteiger partial charge in [0.2, 0.25) is 0 Å². The molecule has 1 aliphatic carbocycles. The average Bonchev–Trinajstić information content (AvgIpc) is 2.77. The number of rotatable bonds is 4.